The summed E-state index contributed by atoms with van der Waals surface area (Å²) in [5.41, 5.74) is 0.726. The van der Waals surface area contributed by atoms with Crippen molar-refractivity contribution in [3.8, 4) is 0 Å². The Labute approximate surface area is 131 Å². The third-order valence-corrected chi connectivity index (χ3v) is 5.51. The van der Waals surface area contributed by atoms with Crippen LogP contribution in [0.25, 0.3) is 0 Å². The molecule has 0 spiro atoms. The molecule has 0 bridgehead atoms. The maximum atomic E-state index is 11.2. The predicted octanol–water partition coefficient (Wildman–Crippen LogP) is 2.58. The molecule has 1 saturated heterocycles. The van der Waals surface area contributed by atoms with Gasteiger partial charge in [-0.2, -0.15) is 8.42 Å². The van der Waals surface area contributed by atoms with E-state index in [1.165, 1.54) is 6.92 Å². The minimum atomic E-state index is -4.17. The standard InChI is InChI=1S/C12H14BrClO5S/c1-8(20(15,16)17)11-6-18-12(7-13,19-11)9-2-4-10(14)5-3-9/h2-5,8,11H,6-7H2,1H3,(H,15,16,17)/t8?,11-,12+/m0/s1. The molecule has 112 valence electrons. The average Bonchev–Trinajstić information content (AvgIpc) is 2.83. The molecule has 1 heterocycles. The molecule has 0 amide bonds. The lowest BCUT2D eigenvalue weighted by molar-refractivity contribution is -0.156. The van der Waals surface area contributed by atoms with Gasteiger partial charge in [0, 0.05) is 10.6 Å². The smallest absolute Gasteiger partial charge is 0.270 e. The van der Waals surface area contributed by atoms with E-state index in [9.17, 15) is 8.42 Å². The van der Waals surface area contributed by atoms with Crippen LogP contribution in [0.1, 0.15) is 12.5 Å². The van der Waals surface area contributed by atoms with Gasteiger partial charge in [0.15, 0.2) is 0 Å². The van der Waals surface area contributed by atoms with Gasteiger partial charge in [-0.25, -0.2) is 0 Å². The van der Waals surface area contributed by atoms with Crippen molar-refractivity contribution in [3.63, 3.8) is 0 Å². The summed E-state index contributed by atoms with van der Waals surface area (Å²) in [4.78, 5) is 0. The van der Waals surface area contributed by atoms with Crippen LogP contribution in [0.3, 0.4) is 0 Å². The first-order chi connectivity index (χ1) is 9.28. The van der Waals surface area contributed by atoms with Crippen LogP contribution < -0.4 is 0 Å². The molecule has 20 heavy (non-hydrogen) atoms. The molecule has 3 atom stereocenters. The summed E-state index contributed by atoms with van der Waals surface area (Å²) in [5, 5.41) is -0.147. The summed E-state index contributed by atoms with van der Waals surface area (Å²) < 4.78 is 42.9. The van der Waals surface area contributed by atoms with E-state index in [0.717, 1.165) is 5.56 Å². The Balaban J connectivity index is 2.25. The Kier molecular flexibility index (Phi) is 4.78. The molecule has 0 aliphatic carbocycles. The quantitative estimate of drug-likeness (QED) is 0.637. The molecule has 0 aromatic heterocycles. The van der Waals surface area contributed by atoms with Crippen LogP contribution >= 0.6 is 27.5 Å². The summed E-state index contributed by atoms with van der Waals surface area (Å²) in [5.74, 6) is -1.08. The van der Waals surface area contributed by atoms with Crippen molar-refractivity contribution in [2.24, 2.45) is 0 Å². The molecule has 1 aliphatic rings. The van der Waals surface area contributed by atoms with E-state index in [0.29, 0.717) is 10.4 Å². The highest BCUT2D eigenvalue weighted by Gasteiger charge is 2.46. The van der Waals surface area contributed by atoms with E-state index in [1.807, 2.05) is 0 Å². The molecule has 1 aliphatic heterocycles. The fourth-order valence-electron chi connectivity index (χ4n) is 1.95. The molecular weight excluding hydrogens is 372 g/mol. The number of hydrogen-bond donors (Lipinski definition) is 1. The normalized spacial score (nSPS) is 28.5. The lowest BCUT2D eigenvalue weighted by Gasteiger charge is -2.27. The van der Waals surface area contributed by atoms with E-state index >= 15 is 0 Å². The third-order valence-electron chi connectivity index (χ3n) is 3.28. The molecule has 0 radical (unpaired) electrons. The number of ether oxygens (including phenoxy) is 2. The van der Waals surface area contributed by atoms with Crippen molar-refractivity contribution in [2.45, 2.75) is 24.1 Å². The summed E-state index contributed by atoms with van der Waals surface area (Å²) in [7, 11) is -4.17. The van der Waals surface area contributed by atoms with E-state index < -0.39 is 27.3 Å². The van der Waals surface area contributed by atoms with Gasteiger partial charge in [0.1, 0.15) is 11.4 Å². The Morgan fingerprint density at radius 1 is 1.50 bits per heavy atom. The van der Waals surface area contributed by atoms with E-state index in [2.05, 4.69) is 15.9 Å². The number of alkyl halides is 1. The zero-order valence-electron chi connectivity index (χ0n) is 10.6. The van der Waals surface area contributed by atoms with Gasteiger partial charge >= 0.3 is 0 Å². The topological polar surface area (TPSA) is 72.8 Å². The Morgan fingerprint density at radius 3 is 2.60 bits per heavy atom. The minimum Gasteiger partial charge on any atom is -0.342 e. The number of rotatable bonds is 4. The number of halogens is 2. The summed E-state index contributed by atoms with van der Waals surface area (Å²) in [6.07, 6.45) is -0.738. The first-order valence-electron chi connectivity index (χ1n) is 5.88. The van der Waals surface area contributed by atoms with Crippen LogP contribution in [0.2, 0.25) is 5.02 Å². The largest absolute Gasteiger partial charge is 0.342 e. The van der Waals surface area contributed by atoms with Gasteiger partial charge in [-0.05, 0) is 19.1 Å². The second-order valence-corrected chi connectivity index (χ2v) is 7.35. The Morgan fingerprint density at radius 2 is 2.10 bits per heavy atom. The van der Waals surface area contributed by atoms with Crippen LogP contribution in [0, 0.1) is 0 Å². The Bertz CT molecular complexity index is 576. The van der Waals surface area contributed by atoms with Gasteiger partial charge in [0.05, 0.1) is 11.9 Å². The SMILES string of the molecule is CC([C@@H]1CO[C@@](CBr)(c2ccc(Cl)cc2)O1)S(=O)(=O)O. The summed E-state index contributed by atoms with van der Waals surface area (Å²) in [6, 6.07) is 6.91. The zero-order valence-corrected chi connectivity index (χ0v) is 13.8. The van der Waals surface area contributed by atoms with Gasteiger partial charge in [0.25, 0.3) is 10.1 Å². The van der Waals surface area contributed by atoms with Gasteiger partial charge in [-0.3, -0.25) is 4.55 Å². The van der Waals surface area contributed by atoms with Gasteiger partial charge < -0.3 is 9.47 Å². The molecule has 8 heteroatoms. The molecule has 1 unspecified atom stereocenters. The molecule has 1 fully saturated rings. The molecule has 1 N–H and O–H groups in total. The van der Waals surface area contributed by atoms with Crippen molar-refractivity contribution in [3.05, 3.63) is 34.9 Å². The van der Waals surface area contributed by atoms with Gasteiger partial charge in [-0.1, -0.05) is 39.7 Å². The first-order valence-corrected chi connectivity index (χ1v) is 8.89. The number of hydrogen-bond acceptors (Lipinski definition) is 4. The number of benzene rings is 1. The fraction of sp³-hybridized carbons (Fsp3) is 0.500. The van der Waals surface area contributed by atoms with Crippen molar-refractivity contribution < 1.29 is 22.4 Å². The van der Waals surface area contributed by atoms with Crippen molar-refractivity contribution >= 4 is 37.6 Å². The fourth-order valence-corrected chi connectivity index (χ4v) is 3.22. The van der Waals surface area contributed by atoms with Crippen molar-refractivity contribution in [1.29, 1.82) is 0 Å². The van der Waals surface area contributed by atoms with E-state index in [4.69, 9.17) is 25.6 Å². The molecule has 0 saturated carbocycles. The zero-order chi connectivity index (χ0) is 15.0. The molecule has 2 rings (SSSR count). The molecule has 1 aromatic rings. The molecular formula is C12H14BrClO5S. The lowest BCUT2D eigenvalue weighted by Crippen LogP contribution is -2.36. The first kappa shape index (κ1) is 16.2. The molecule has 1 aromatic carbocycles. The highest BCUT2D eigenvalue weighted by atomic mass is 79.9. The highest BCUT2D eigenvalue weighted by molar-refractivity contribution is 9.09. The summed E-state index contributed by atoms with van der Waals surface area (Å²) >= 11 is 9.16. The third kappa shape index (κ3) is 3.18. The van der Waals surface area contributed by atoms with E-state index in [-0.39, 0.29) is 6.61 Å². The minimum absolute atomic E-state index is 0.0786. The lowest BCUT2D eigenvalue weighted by atomic mass is 10.1. The van der Waals surface area contributed by atoms with Gasteiger partial charge in [0.2, 0.25) is 5.79 Å². The maximum absolute atomic E-state index is 11.2. The second kappa shape index (κ2) is 5.90. The van der Waals surface area contributed by atoms with Crippen molar-refractivity contribution in [1.82, 2.24) is 0 Å². The van der Waals surface area contributed by atoms with Crippen LogP contribution in [0.15, 0.2) is 24.3 Å². The van der Waals surface area contributed by atoms with Crippen LogP contribution in [-0.2, 0) is 25.4 Å². The highest BCUT2D eigenvalue weighted by Crippen LogP contribution is 2.38. The van der Waals surface area contributed by atoms with Crippen LogP contribution in [-0.4, -0.2) is 36.3 Å². The van der Waals surface area contributed by atoms with Crippen LogP contribution in [0.5, 0.6) is 0 Å². The average molecular weight is 386 g/mol. The predicted molar refractivity (Wildman–Crippen MR) is 78.8 cm³/mol. The van der Waals surface area contributed by atoms with Crippen LogP contribution in [0.4, 0.5) is 0 Å². The summed E-state index contributed by atoms with van der Waals surface area (Å²) in [6.45, 7) is 1.46. The maximum Gasteiger partial charge on any atom is 0.270 e. The van der Waals surface area contributed by atoms with E-state index in [1.54, 1.807) is 24.3 Å². The monoisotopic (exact) mass is 384 g/mol. The Hall–Kier alpha value is -0.180. The van der Waals surface area contributed by atoms with Crippen molar-refractivity contribution in [2.75, 3.05) is 11.9 Å². The second-order valence-electron chi connectivity index (χ2n) is 4.58. The van der Waals surface area contributed by atoms with Gasteiger partial charge in [-0.15, -0.1) is 0 Å². The molecule has 5 nitrogen and oxygen atoms in total.